The highest BCUT2D eigenvalue weighted by molar-refractivity contribution is 5.30. The topological polar surface area (TPSA) is 21.7 Å². The van der Waals surface area contributed by atoms with Crippen LogP contribution in [0.25, 0.3) is 0 Å². The molecule has 1 aliphatic carbocycles. The van der Waals surface area contributed by atoms with Crippen LogP contribution in [0.2, 0.25) is 0 Å². The van der Waals surface area contributed by atoms with E-state index in [9.17, 15) is 0 Å². The van der Waals surface area contributed by atoms with Crippen LogP contribution >= 0.6 is 0 Å². The summed E-state index contributed by atoms with van der Waals surface area (Å²) in [6.07, 6.45) is 4.44. The van der Waals surface area contributed by atoms with Crippen molar-refractivity contribution in [2.45, 2.75) is 77.1 Å². The lowest BCUT2D eigenvalue weighted by Crippen LogP contribution is -2.67. The van der Waals surface area contributed by atoms with E-state index in [0.29, 0.717) is 5.92 Å². The van der Waals surface area contributed by atoms with Gasteiger partial charge < -0.3 is 14.4 Å². The van der Waals surface area contributed by atoms with Gasteiger partial charge in [-0.3, -0.25) is 0 Å². The molecular formula is C23H37NO2. The highest BCUT2D eigenvalue weighted by Crippen LogP contribution is 2.60. The Labute approximate surface area is 160 Å². The van der Waals surface area contributed by atoms with Crippen molar-refractivity contribution >= 4 is 0 Å². The van der Waals surface area contributed by atoms with Gasteiger partial charge in [-0.1, -0.05) is 44.2 Å². The van der Waals surface area contributed by atoms with E-state index in [-0.39, 0.29) is 16.8 Å². The number of benzene rings is 1. The summed E-state index contributed by atoms with van der Waals surface area (Å²) in [5, 5.41) is 0. The third-order valence-electron chi connectivity index (χ3n) is 6.93. The van der Waals surface area contributed by atoms with Crippen LogP contribution in [0, 0.1) is 5.92 Å². The summed E-state index contributed by atoms with van der Waals surface area (Å²) in [6, 6.07) is 10.8. The maximum absolute atomic E-state index is 6.77. The molecule has 0 spiro atoms. The molecule has 3 fully saturated rings. The molecule has 3 nitrogen and oxygen atoms in total. The van der Waals surface area contributed by atoms with E-state index in [0.717, 1.165) is 45.5 Å². The van der Waals surface area contributed by atoms with Gasteiger partial charge in [-0.2, -0.15) is 0 Å². The highest BCUT2D eigenvalue weighted by atomic mass is 16.6. The molecule has 3 atom stereocenters. The monoisotopic (exact) mass is 359 g/mol. The van der Waals surface area contributed by atoms with Crippen LogP contribution in [0.5, 0.6) is 0 Å². The molecule has 26 heavy (non-hydrogen) atoms. The molecule has 4 rings (SSSR count). The average molecular weight is 360 g/mol. The number of rotatable bonds is 8. The van der Waals surface area contributed by atoms with Crippen LogP contribution in [0.4, 0.5) is 0 Å². The lowest BCUT2D eigenvalue weighted by molar-refractivity contribution is -0.331. The van der Waals surface area contributed by atoms with Gasteiger partial charge in [0.15, 0.2) is 0 Å². The van der Waals surface area contributed by atoms with E-state index in [4.69, 9.17) is 9.47 Å². The second-order valence-electron chi connectivity index (χ2n) is 8.80. The summed E-state index contributed by atoms with van der Waals surface area (Å²) in [6.45, 7) is 15.4. The fourth-order valence-electron chi connectivity index (χ4n) is 5.21. The van der Waals surface area contributed by atoms with Crippen molar-refractivity contribution < 1.29 is 9.47 Å². The first-order valence-electron chi connectivity index (χ1n) is 10.5. The molecule has 2 heterocycles. The van der Waals surface area contributed by atoms with Crippen molar-refractivity contribution in [2.24, 2.45) is 5.92 Å². The quantitative estimate of drug-likeness (QED) is 0.610. The zero-order valence-corrected chi connectivity index (χ0v) is 17.4. The van der Waals surface area contributed by atoms with Gasteiger partial charge in [-0.05, 0) is 71.0 Å². The molecule has 2 bridgehead atoms. The molecule has 146 valence electrons. The van der Waals surface area contributed by atoms with Gasteiger partial charge in [-0.15, -0.1) is 0 Å². The van der Waals surface area contributed by atoms with E-state index in [2.05, 4.69) is 69.9 Å². The fraction of sp³-hybridized carbons (Fsp3) is 0.739. The average Bonchev–Trinajstić information content (AvgIpc) is 2.62. The molecule has 2 saturated heterocycles. The molecule has 0 N–H and O–H groups in total. The largest absolute Gasteiger partial charge is 0.367 e. The van der Waals surface area contributed by atoms with Crippen LogP contribution < -0.4 is 0 Å². The number of nitrogens with zero attached hydrogens (tertiary/aromatic N) is 1. The SMILES string of the molecule is CCN(CC)CCCOC1(c2ccccc2)CC2CCC1(C)OC2(C)C. The second-order valence-corrected chi connectivity index (χ2v) is 8.80. The molecule has 3 unspecified atom stereocenters. The first-order chi connectivity index (χ1) is 12.4. The Balaban J connectivity index is 1.81. The zero-order valence-electron chi connectivity index (χ0n) is 17.4. The Morgan fingerprint density at radius 2 is 1.81 bits per heavy atom. The van der Waals surface area contributed by atoms with Crippen molar-refractivity contribution in [3.63, 3.8) is 0 Å². The third kappa shape index (κ3) is 3.46. The molecule has 3 heteroatoms. The van der Waals surface area contributed by atoms with E-state index in [1.807, 2.05) is 0 Å². The normalized spacial score (nSPS) is 32.9. The van der Waals surface area contributed by atoms with Crippen molar-refractivity contribution in [1.29, 1.82) is 0 Å². The van der Waals surface area contributed by atoms with E-state index < -0.39 is 0 Å². The predicted octanol–water partition coefficient (Wildman–Crippen LogP) is 5.00. The minimum Gasteiger partial charge on any atom is -0.367 e. The smallest absolute Gasteiger partial charge is 0.122 e. The minimum atomic E-state index is -0.323. The summed E-state index contributed by atoms with van der Waals surface area (Å²) in [5.41, 5.74) is 0.638. The van der Waals surface area contributed by atoms with Crippen LogP contribution in [-0.2, 0) is 15.1 Å². The van der Waals surface area contributed by atoms with Crippen LogP contribution in [0.3, 0.4) is 0 Å². The molecule has 0 amide bonds. The number of hydrogen-bond donors (Lipinski definition) is 0. The molecule has 0 radical (unpaired) electrons. The van der Waals surface area contributed by atoms with Crippen LogP contribution in [0.1, 0.15) is 65.9 Å². The second kappa shape index (κ2) is 7.61. The van der Waals surface area contributed by atoms with Gasteiger partial charge >= 0.3 is 0 Å². The van der Waals surface area contributed by atoms with Crippen LogP contribution in [0.15, 0.2) is 30.3 Å². The minimum absolute atomic E-state index is 0.0597. The van der Waals surface area contributed by atoms with Gasteiger partial charge in [-0.25, -0.2) is 0 Å². The molecular weight excluding hydrogens is 322 g/mol. The van der Waals surface area contributed by atoms with E-state index in [1.54, 1.807) is 0 Å². The Morgan fingerprint density at radius 1 is 1.12 bits per heavy atom. The fourth-order valence-corrected chi connectivity index (χ4v) is 5.21. The summed E-state index contributed by atoms with van der Waals surface area (Å²) in [4.78, 5) is 2.47. The zero-order chi connectivity index (χ0) is 18.8. The lowest BCUT2D eigenvalue weighted by Gasteiger charge is -2.63. The summed E-state index contributed by atoms with van der Waals surface area (Å²) >= 11 is 0. The van der Waals surface area contributed by atoms with Crippen molar-refractivity contribution in [1.82, 2.24) is 4.90 Å². The number of hydrogen-bond acceptors (Lipinski definition) is 3. The Morgan fingerprint density at radius 3 is 2.38 bits per heavy atom. The predicted molar refractivity (Wildman–Crippen MR) is 107 cm³/mol. The summed E-state index contributed by atoms with van der Waals surface area (Å²) in [7, 11) is 0. The molecule has 1 aromatic rings. The first-order valence-corrected chi connectivity index (χ1v) is 10.5. The van der Waals surface area contributed by atoms with Gasteiger partial charge in [0.1, 0.15) is 5.60 Å². The third-order valence-corrected chi connectivity index (χ3v) is 6.93. The highest BCUT2D eigenvalue weighted by Gasteiger charge is 2.63. The number of fused-ring (bicyclic) bond motifs is 3. The molecule has 3 aliphatic rings. The summed E-state index contributed by atoms with van der Waals surface area (Å²) in [5.74, 6) is 0.548. The Kier molecular flexibility index (Phi) is 5.81. The molecule has 2 aliphatic heterocycles. The Hall–Kier alpha value is -0.900. The molecule has 0 aromatic heterocycles. The van der Waals surface area contributed by atoms with E-state index in [1.165, 1.54) is 12.0 Å². The first kappa shape index (κ1) is 19.9. The van der Waals surface area contributed by atoms with Gasteiger partial charge in [0.2, 0.25) is 0 Å². The maximum atomic E-state index is 6.77. The van der Waals surface area contributed by atoms with Crippen LogP contribution in [-0.4, -0.2) is 42.3 Å². The molecule has 1 aromatic carbocycles. The van der Waals surface area contributed by atoms with E-state index >= 15 is 0 Å². The molecule has 1 saturated carbocycles. The lowest BCUT2D eigenvalue weighted by atomic mass is 9.58. The Bertz CT molecular complexity index is 583. The van der Waals surface area contributed by atoms with Gasteiger partial charge in [0.05, 0.1) is 11.2 Å². The maximum Gasteiger partial charge on any atom is 0.122 e. The van der Waals surface area contributed by atoms with Crippen molar-refractivity contribution in [3.05, 3.63) is 35.9 Å². The standard InChI is InChI=1S/C23H37NO2/c1-6-24(7-2)16-11-17-25-23(19-12-9-8-10-13-19)18-20-14-15-22(23,5)26-21(20,3)4/h8-10,12-13,20H,6-7,11,14-18H2,1-5H3. The van der Waals surface area contributed by atoms with Gasteiger partial charge in [0, 0.05) is 13.2 Å². The summed E-state index contributed by atoms with van der Waals surface area (Å²) < 4.78 is 13.5. The van der Waals surface area contributed by atoms with Crippen molar-refractivity contribution in [2.75, 3.05) is 26.2 Å². The number of ether oxygens (including phenoxy) is 2. The van der Waals surface area contributed by atoms with Gasteiger partial charge in [0.25, 0.3) is 0 Å². The van der Waals surface area contributed by atoms with Crippen molar-refractivity contribution in [3.8, 4) is 0 Å².